The van der Waals surface area contributed by atoms with Crippen LogP contribution >= 0.6 is 0 Å². The lowest BCUT2D eigenvalue weighted by Gasteiger charge is -2.32. The fourth-order valence-corrected chi connectivity index (χ4v) is 2.19. The van der Waals surface area contributed by atoms with Gasteiger partial charge in [-0.15, -0.1) is 0 Å². The summed E-state index contributed by atoms with van der Waals surface area (Å²) in [7, 11) is 1.74. The number of carbonyl (C=O) groups is 2. The van der Waals surface area contributed by atoms with E-state index in [1.54, 1.807) is 35.0 Å². The van der Waals surface area contributed by atoms with Crippen LogP contribution in [-0.2, 0) is 4.79 Å². The second-order valence-electron chi connectivity index (χ2n) is 5.03. The van der Waals surface area contributed by atoms with Gasteiger partial charge in [0.2, 0.25) is 5.91 Å². The number of benzene rings is 1. The summed E-state index contributed by atoms with van der Waals surface area (Å²) in [4.78, 5) is 27.3. The monoisotopic (exact) mass is 286 g/mol. The SMILES string of the molecule is Cc1cc(C(=O)N2CCN(C)C(=O)C2)ccc1C#CCO. The first-order chi connectivity index (χ1) is 10.0. The van der Waals surface area contributed by atoms with Gasteiger partial charge in [-0.3, -0.25) is 9.59 Å². The lowest BCUT2D eigenvalue weighted by atomic mass is 10.0. The zero-order valence-electron chi connectivity index (χ0n) is 12.2. The van der Waals surface area contributed by atoms with Gasteiger partial charge in [0.15, 0.2) is 0 Å². The smallest absolute Gasteiger partial charge is 0.254 e. The Morgan fingerprint density at radius 2 is 2.14 bits per heavy atom. The second-order valence-corrected chi connectivity index (χ2v) is 5.03. The van der Waals surface area contributed by atoms with Crippen LogP contribution in [0.15, 0.2) is 18.2 Å². The third kappa shape index (κ3) is 3.41. The van der Waals surface area contributed by atoms with E-state index in [4.69, 9.17) is 5.11 Å². The number of piperazine rings is 1. The van der Waals surface area contributed by atoms with Gasteiger partial charge in [-0.2, -0.15) is 0 Å². The molecular weight excluding hydrogens is 268 g/mol. The molecule has 1 saturated heterocycles. The van der Waals surface area contributed by atoms with E-state index in [0.717, 1.165) is 11.1 Å². The van der Waals surface area contributed by atoms with Crippen LogP contribution in [-0.4, -0.2) is 60.0 Å². The molecule has 5 heteroatoms. The Bertz CT molecular complexity index is 628. The molecule has 0 saturated carbocycles. The molecule has 0 atom stereocenters. The van der Waals surface area contributed by atoms with E-state index in [-0.39, 0.29) is 25.0 Å². The van der Waals surface area contributed by atoms with Crippen molar-refractivity contribution in [3.05, 3.63) is 34.9 Å². The summed E-state index contributed by atoms with van der Waals surface area (Å²) < 4.78 is 0. The minimum Gasteiger partial charge on any atom is -0.384 e. The molecule has 1 aromatic carbocycles. The molecule has 0 aliphatic carbocycles. The average Bonchev–Trinajstić information content (AvgIpc) is 2.48. The summed E-state index contributed by atoms with van der Waals surface area (Å²) in [5, 5.41) is 8.71. The zero-order valence-corrected chi connectivity index (χ0v) is 12.2. The lowest BCUT2D eigenvalue weighted by molar-refractivity contribution is -0.133. The number of amides is 2. The number of carbonyl (C=O) groups excluding carboxylic acids is 2. The molecule has 1 aliphatic heterocycles. The van der Waals surface area contributed by atoms with E-state index in [1.807, 2.05) is 6.92 Å². The normalized spacial score (nSPS) is 14.7. The summed E-state index contributed by atoms with van der Waals surface area (Å²) in [5.74, 6) is 5.24. The molecule has 0 bridgehead atoms. The van der Waals surface area contributed by atoms with Crippen LogP contribution in [0.4, 0.5) is 0 Å². The van der Waals surface area contributed by atoms with Crippen molar-refractivity contribution >= 4 is 11.8 Å². The number of aryl methyl sites for hydroxylation is 1. The van der Waals surface area contributed by atoms with Crippen LogP contribution < -0.4 is 0 Å². The summed E-state index contributed by atoms with van der Waals surface area (Å²) in [6.07, 6.45) is 0. The Morgan fingerprint density at radius 3 is 2.76 bits per heavy atom. The maximum atomic E-state index is 12.4. The van der Waals surface area contributed by atoms with Gasteiger partial charge >= 0.3 is 0 Å². The maximum absolute atomic E-state index is 12.4. The van der Waals surface area contributed by atoms with Crippen molar-refractivity contribution in [3.8, 4) is 11.8 Å². The molecule has 1 aromatic rings. The van der Waals surface area contributed by atoms with Crippen LogP contribution in [0, 0.1) is 18.8 Å². The Labute approximate surface area is 124 Å². The van der Waals surface area contributed by atoms with Crippen molar-refractivity contribution in [2.75, 3.05) is 33.3 Å². The number of aliphatic hydroxyl groups excluding tert-OH is 1. The molecule has 21 heavy (non-hydrogen) atoms. The quantitative estimate of drug-likeness (QED) is 0.753. The third-order valence-corrected chi connectivity index (χ3v) is 3.52. The van der Waals surface area contributed by atoms with Crippen LogP contribution in [0.2, 0.25) is 0 Å². The van der Waals surface area contributed by atoms with E-state index < -0.39 is 0 Å². The molecule has 0 spiro atoms. The first-order valence-corrected chi connectivity index (χ1v) is 6.76. The molecule has 1 heterocycles. The number of likely N-dealkylation sites (N-methyl/N-ethyl adjacent to an activating group) is 1. The Balaban J connectivity index is 2.17. The highest BCUT2D eigenvalue weighted by atomic mass is 16.2. The highest BCUT2D eigenvalue weighted by Gasteiger charge is 2.25. The summed E-state index contributed by atoms with van der Waals surface area (Å²) in [6, 6.07) is 5.25. The number of nitrogens with zero attached hydrogens (tertiary/aromatic N) is 2. The van der Waals surface area contributed by atoms with Crippen LogP contribution in [0.3, 0.4) is 0 Å². The predicted molar refractivity (Wildman–Crippen MR) is 78.7 cm³/mol. The molecule has 5 nitrogen and oxygen atoms in total. The Morgan fingerprint density at radius 1 is 1.38 bits per heavy atom. The molecule has 0 aromatic heterocycles. The van der Waals surface area contributed by atoms with Gasteiger partial charge in [-0.05, 0) is 30.7 Å². The summed E-state index contributed by atoms with van der Waals surface area (Å²) >= 11 is 0. The van der Waals surface area contributed by atoms with Crippen molar-refractivity contribution in [3.63, 3.8) is 0 Å². The van der Waals surface area contributed by atoms with Crippen molar-refractivity contribution in [2.24, 2.45) is 0 Å². The summed E-state index contributed by atoms with van der Waals surface area (Å²) in [6.45, 7) is 2.91. The van der Waals surface area contributed by atoms with Crippen molar-refractivity contribution in [1.29, 1.82) is 0 Å². The largest absolute Gasteiger partial charge is 0.384 e. The molecule has 2 amide bonds. The van der Waals surface area contributed by atoms with Crippen LogP contribution in [0.1, 0.15) is 21.5 Å². The van der Waals surface area contributed by atoms with E-state index in [1.165, 1.54) is 0 Å². The van der Waals surface area contributed by atoms with Gasteiger partial charge in [0.05, 0.1) is 0 Å². The van der Waals surface area contributed by atoms with Crippen molar-refractivity contribution in [2.45, 2.75) is 6.92 Å². The lowest BCUT2D eigenvalue weighted by Crippen LogP contribution is -2.50. The fourth-order valence-electron chi connectivity index (χ4n) is 2.19. The van der Waals surface area contributed by atoms with E-state index in [0.29, 0.717) is 18.7 Å². The second kappa shape index (κ2) is 6.42. The van der Waals surface area contributed by atoms with Gasteiger partial charge in [-0.1, -0.05) is 11.8 Å². The summed E-state index contributed by atoms with van der Waals surface area (Å²) in [5.41, 5.74) is 2.22. The first kappa shape index (κ1) is 15.1. The first-order valence-electron chi connectivity index (χ1n) is 6.76. The number of hydrogen-bond donors (Lipinski definition) is 1. The highest BCUT2D eigenvalue weighted by molar-refractivity contribution is 5.97. The molecule has 110 valence electrons. The Hall–Kier alpha value is -2.32. The number of rotatable bonds is 1. The van der Waals surface area contributed by atoms with E-state index in [2.05, 4.69) is 11.8 Å². The molecule has 1 fully saturated rings. The van der Waals surface area contributed by atoms with Gasteiger partial charge in [0, 0.05) is 31.3 Å². The molecule has 0 unspecified atom stereocenters. The molecule has 1 N–H and O–H groups in total. The number of hydrogen-bond acceptors (Lipinski definition) is 3. The van der Waals surface area contributed by atoms with Gasteiger partial charge in [0.25, 0.3) is 5.91 Å². The van der Waals surface area contributed by atoms with Crippen LogP contribution in [0.5, 0.6) is 0 Å². The topological polar surface area (TPSA) is 60.9 Å². The number of aliphatic hydroxyl groups is 1. The van der Waals surface area contributed by atoms with Crippen molar-refractivity contribution in [1.82, 2.24) is 9.80 Å². The van der Waals surface area contributed by atoms with Gasteiger partial charge in [-0.25, -0.2) is 0 Å². The van der Waals surface area contributed by atoms with E-state index in [9.17, 15) is 9.59 Å². The minimum atomic E-state index is -0.191. The molecule has 2 rings (SSSR count). The van der Waals surface area contributed by atoms with Crippen LogP contribution in [0.25, 0.3) is 0 Å². The van der Waals surface area contributed by atoms with E-state index >= 15 is 0 Å². The molecular formula is C16H18N2O3. The predicted octanol–water partition coefficient (Wildman–Crippen LogP) is 0.253. The third-order valence-electron chi connectivity index (χ3n) is 3.52. The standard InChI is InChI=1S/C16H18N2O3/c1-12-10-14(6-5-13(12)4-3-9-19)16(21)18-8-7-17(2)15(20)11-18/h5-6,10,19H,7-9,11H2,1-2H3. The molecule has 0 radical (unpaired) electrons. The maximum Gasteiger partial charge on any atom is 0.254 e. The average molecular weight is 286 g/mol. The van der Waals surface area contributed by atoms with Gasteiger partial charge in [0.1, 0.15) is 13.2 Å². The fraction of sp³-hybridized carbons (Fsp3) is 0.375. The van der Waals surface area contributed by atoms with Crippen molar-refractivity contribution < 1.29 is 14.7 Å². The van der Waals surface area contributed by atoms with Gasteiger partial charge < -0.3 is 14.9 Å². The minimum absolute atomic E-state index is 0.0447. The highest BCUT2D eigenvalue weighted by Crippen LogP contribution is 2.14. The molecule has 1 aliphatic rings. The zero-order chi connectivity index (χ0) is 15.4. The Kier molecular flexibility index (Phi) is 4.61.